The van der Waals surface area contributed by atoms with Gasteiger partial charge in [-0.1, -0.05) is 129 Å². The molecular weight excluding hydrogens is 655 g/mol. The van der Waals surface area contributed by atoms with E-state index >= 15 is 0 Å². The molecule has 3 heteroatoms. The lowest BCUT2D eigenvalue weighted by Crippen LogP contribution is -2.21. The highest BCUT2D eigenvalue weighted by Gasteiger charge is 2.37. The summed E-state index contributed by atoms with van der Waals surface area (Å²) in [6, 6.07) is 49.4. The largest absolute Gasteiger partial charge is 0.309 e. The SMILES string of the molecule is C/C1=C(/n2c3ccccc3c3cc4c(cc32)c2ccccc2n4-c2ccccc2)C2=CC=CCC2N=C(c2cccc3c2-c2ccccc2C3(C)C)CC1. The van der Waals surface area contributed by atoms with Gasteiger partial charge in [-0.2, -0.15) is 0 Å². The molecule has 1 atom stereocenters. The highest BCUT2D eigenvalue weighted by Crippen LogP contribution is 2.51. The van der Waals surface area contributed by atoms with E-state index < -0.39 is 0 Å². The zero-order chi connectivity index (χ0) is 36.1. The summed E-state index contributed by atoms with van der Waals surface area (Å²) < 4.78 is 5.00. The van der Waals surface area contributed by atoms with Gasteiger partial charge in [-0.15, -0.1) is 0 Å². The topological polar surface area (TPSA) is 22.2 Å². The quantitative estimate of drug-likeness (QED) is 0.176. The minimum absolute atomic E-state index is 0.0238. The Labute approximate surface area is 315 Å². The molecule has 2 aliphatic carbocycles. The number of para-hydroxylation sites is 3. The normalized spacial score (nSPS) is 19.1. The zero-order valence-electron chi connectivity index (χ0n) is 31.0. The summed E-state index contributed by atoms with van der Waals surface area (Å²) in [5.41, 5.74) is 18.1. The highest BCUT2D eigenvalue weighted by atomic mass is 15.0. The number of aliphatic imine (C=N–C) groups is 1. The number of benzene rings is 6. The van der Waals surface area contributed by atoms with Crippen molar-refractivity contribution in [3.8, 4) is 16.8 Å². The minimum Gasteiger partial charge on any atom is -0.309 e. The van der Waals surface area contributed by atoms with E-state index in [2.05, 4.69) is 182 Å². The van der Waals surface area contributed by atoms with Crippen LogP contribution < -0.4 is 0 Å². The van der Waals surface area contributed by atoms with Crippen molar-refractivity contribution < 1.29 is 0 Å². The number of aromatic nitrogens is 2. The number of fused-ring (bicyclic) bond motifs is 10. The third-order valence-electron chi connectivity index (χ3n) is 12.5. The van der Waals surface area contributed by atoms with Crippen LogP contribution in [0.3, 0.4) is 0 Å². The Kier molecular flexibility index (Phi) is 6.77. The maximum Gasteiger partial charge on any atom is 0.0807 e. The predicted octanol–water partition coefficient (Wildman–Crippen LogP) is 13.0. The molecule has 0 spiro atoms. The molecule has 0 amide bonds. The molecule has 1 unspecified atom stereocenters. The van der Waals surface area contributed by atoms with Crippen LogP contribution in [0.25, 0.3) is 66.1 Å². The van der Waals surface area contributed by atoms with Gasteiger partial charge in [-0.3, -0.25) is 4.99 Å². The number of hydrogen-bond donors (Lipinski definition) is 0. The van der Waals surface area contributed by atoms with Crippen molar-refractivity contribution in [2.75, 3.05) is 0 Å². The molecule has 0 bridgehead atoms. The fourth-order valence-electron chi connectivity index (χ4n) is 9.95. The van der Waals surface area contributed by atoms with E-state index in [1.165, 1.54) is 99.7 Å². The van der Waals surface area contributed by atoms with Gasteiger partial charge in [0.1, 0.15) is 0 Å². The first-order valence-corrected chi connectivity index (χ1v) is 19.4. The van der Waals surface area contributed by atoms with Gasteiger partial charge in [0.2, 0.25) is 0 Å². The summed E-state index contributed by atoms with van der Waals surface area (Å²) in [7, 11) is 0. The van der Waals surface area contributed by atoms with E-state index in [9.17, 15) is 0 Å². The van der Waals surface area contributed by atoms with E-state index in [0.29, 0.717) is 0 Å². The van der Waals surface area contributed by atoms with Crippen LogP contribution in [0.5, 0.6) is 0 Å². The standard InChI is InChI=1S/C51H41N3/c1-32-28-29-44(37-22-15-24-42-49(37)36-20-7-11-23-41(36)51(42,2)3)52-43-25-12-8-21-38(43)50(32)54-46-27-14-10-19-35(46)40-30-47-39(31-48(40)54)34-18-9-13-26-45(34)53(47)33-16-5-4-6-17-33/h4-24,26-27,30-31,43H,25,28-29H2,1-3H3/b50-32-,52-44?. The molecule has 0 fully saturated rings. The fraction of sp³-hybridized carbons (Fsp3) is 0.157. The number of hydrogen-bond acceptors (Lipinski definition) is 1. The van der Waals surface area contributed by atoms with Crippen LogP contribution in [0.1, 0.15) is 56.7 Å². The van der Waals surface area contributed by atoms with Crippen molar-refractivity contribution in [3.63, 3.8) is 0 Å². The Morgan fingerprint density at radius 3 is 2.00 bits per heavy atom. The smallest absolute Gasteiger partial charge is 0.0807 e. The van der Waals surface area contributed by atoms with E-state index in [1.807, 2.05) is 0 Å². The second kappa shape index (κ2) is 11.7. The molecule has 8 aromatic rings. The Bertz CT molecular complexity index is 2990. The summed E-state index contributed by atoms with van der Waals surface area (Å²) in [6.07, 6.45) is 9.59. The summed E-state index contributed by atoms with van der Waals surface area (Å²) in [6.45, 7) is 7.10. The summed E-state index contributed by atoms with van der Waals surface area (Å²) in [4.78, 5) is 5.75. The lowest BCUT2D eigenvalue weighted by Gasteiger charge is -2.29. The summed E-state index contributed by atoms with van der Waals surface area (Å²) in [5, 5.41) is 5.08. The van der Waals surface area contributed by atoms with Crippen LogP contribution in [-0.4, -0.2) is 20.9 Å². The lowest BCUT2D eigenvalue weighted by molar-refractivity contribution is 0.660. The van der Waals surface area contributed by atoms with E-state index in [-0.39, 0.29) is 11.5 Å². The molecule has 260 valence electrons. The maximum atomic E-state index is 5.75. The van der Waals surface area contributed by atoms with Gasteiger partial charge in [0.05, 0.1) is 33.8 Å². The van der Waals surface area contributed by atoms with Gasteiger partial charge in [0.15, 0.2) is 0 Å². The van der Waals surface area contributed by atoms with Gasteiger partial charge >= 0.3 is 0 Å². The fourth-order valence-corrected chi connectivity index (χ4v) is 9.95. The number of nitrogens with zero attached hydrogens (tertiary/aromatic N) is 3. The average Bonchev–Trinajstić information content (AvgIpc) is 3.79. The molecule has 3 heterocycles. The average molecular weight is 696 g/mol. The van der Waals surface area contributed by atoms with E-state index in [1.54, 1.807) is 0 Å². The van der Waals surface area contributed by atoms with Crippen LogP contribution in [-0.2, 0) is 5.41 Å². The summed E-state index contributed by atoms with van der Waals surface area (Å²) >= 11 is 0. The minimum atomic E-state index is -0.0406. The van der Waals surface area contributed by atoms with Crippen molar-refractivity contribution in [2.24, 2.45) is 4.99 Å². The highest BCUT2D eigenvalue weighted by molar-refractivity contribution is 6.20. The monoisotopic (exact) mass is 695 g/mol. The Morgan fingerprint density at radius 2 is 1.22 bits per heavy atom. The van der Waals surface area contributed by atoms with Gasteiger partial charge in [0, 0.05) is 49.5 Å². The van der Waals surface area contributed by atoms with Crippen LogP contribution >= 0.6 is 0 Å². The lowest BCUT2D eigenvalue weighted by atomic mass is 9.82. The molecular formula is C51H41N3. The molecule has 3 nitrogen and oxygen atoms in total. The van der Waals surface area contributed by atoms with Crippen LogP contribution in [0.4, 0.5) is 0 Å². The van der Waals surface area contributed by atoms with Gasteiger partial charge in [-0.25, -0.2) is 0 Å². The van der Waals surface area contributed by atoms with Gasteiger partial charge in [0.25, 0.3) is 0 Å². The molecule has 0 saturated heterocycles. The Balaban J connectivity index is 1.13. The van der Waals surface area contributed by atoms with Crippen molar-refractivity contribution in [3.05, 3.63) is 180 Å². The molecule has 11 rings (SSSR count). The number of rotatable bonds is 3. The van der Waals surface area contributed by atoms with Crippen LogP contribution in [0, 0.1) is 0 Å². The molecule has 2 aromatic heterocycles. The first kappa shape index (κ1) is 31.3. The first-order chi connectivity index (χ1) is 26.5. The third kappa shape index (κ3) is 4.39. The van der Waals surface area contributed by atoms with Gasteiger partial charge < -0.3 is 9.13 Å². The van der Waals surface area contributed by atoms with Crippen LogP contribution in [0.2, 0.25) is 0 Å². The molecule has 6 aromatic carbocycles. The zero-order valence-corrected chi connectivity index (χ0v) is 31.0. The number of allylic oxidation sites excluding steroid dienone is 3. The predicted molar refractivity (Wildman–Crippen MR) is 228 cm³/mol. The third-order valence-corrected chi connectivity index (χ3v) is 12.5. The molecule has 1 aliphatic heterocycles. The second-order valence-electron chi connectivity index (χ2n) is 15.8. The van der Waals surface area contributed by atoms with Crippen molar-refractivity contribution in [1.82, 2.24) is 9.13 Å². The first-order valence-electron chi connectivity index (χ1n) is 19.4. The Hall–Kier alpha value is -6.19. The Morgan fingerprint density at radius 1 is 0.593 bits per heavy atom. The van der Waals surface area contributed by atoms with Crippen LogP contribution in [0.15, 0.2) is 168 Å². The van der Waals surface area contributed by atoms with Crippen molar-refractivity contribution >= 4 is 55.0 Å². The molecule has 0 N–H and O–H groups in total. The maximum absolute atomic E-state index is 5.75. The van der Waals surface area contributed by atoms with Crippen molar-refractivity contribution in [1.29, 1.82) is 0 Å². The van der Waals surface area contributed by atoms with Crippen molar-refractivity contribution in [2.45, 2.75) is 51.5 Å². The molecule has 3 aliphatic rings. The molecule has 0 saturated carbocycles. The molecule has 54 heavy (non-hydrogen) atoms. The van der Waals surface area contributed by atoms with Gasteiger partial charge in [-0.05, 0) is 90.4 Å². The second-order valence-corrected chi connectivity index (χ2v) is 15.8. The summed E-state index contributed by atoms with van der Waals surface area (Å²) in [5.74, 6) is 0. The van der Waals surface area contributed by atoms with E-state index in [0.717, 1.165) is 19.3 Å². The molecule has 0 radical (unpaired) electrons. The van der Waals surface area contributed by atoms with E-state index in [4.69, 9.17) is 4.99 Å².